The van der Waals surface area contributed by atoms with Crippen molar-refractivity contribution in [1.82, 2.24) is 20.1 Å². The summed E-state index contributed by atoms with van der Waals surface area (Å²) in [5.41, 5.74) is 1.17. The quantitative estimate of drug-likeness (QED) is 0.524. The third-order valence-electron chi connectivity index (χ3n) is 5.79. The molecule has 2 heterocycles. The Morgan fingerprint density at radius 2 is 1.84 bits per heavy atom. The highest BCUT2D eigenvalue weighted by Crippen LogP contribution is 2.47. The third kappa shape index (κ3) is 4.37. The average Bonchev–Trinajstić information content (AvgIpc) is 3.40. The highest BCUT2D eigenvalue weighted by Gasteiger charge is 2.44. The van der Waals surface area contributed by atoms with Crippen LogP contribution in [-0.4, -0.2) is 27.2 Å². The predicted octanol–water partition coefficient (Wildman–Crippen LogP) is 5.52. The lowest BCUT2D eigenvalue weighted by atomic mass is 9.96. The summed E-state index contributed by atoms with van der Waals surface area (Å²) in [6.07, 6.45) is -0.318. The second kappa shape index (κ2) is 8.24. The van der Waals surface area contributed by atoms with E-state index in [4.69, 9.17) is 11.6 Å². The van der Waals surface area contributed by atoms with Crippen molar-refractivity contribution in [2.75, 3.05) is 6.54 Å². The Balaban J connectivity index is 1.54. The molecule has 1 N–H and O–H groups in total. The van der Waals surface area contributed by atoms with Crippen LogP contribution in [0.15, 0.2) is 48.8 Å². The van der Waals surface area contributed by atoms with Crippen molar-refractivity contribution in [2.24, 2.45) is 0 Å². The Labute approximate surface area is 188 Å². The minimum atomic E-state index is -4.47. The Hall–Kier alpha value is -2.87. The second-order valence-electron chi connectivity index (χ2n) is 8.38. The molecule has 0 aliphatic heterocycles. The number of carbonyl (C=O) groups excluding carboxylic acids is 1. The number of carbonyl (C=O) groups is 1. The lowest BCUT2D eigenvalue weighted by molar-refractivity contribution is -0.137. The molecule has 9 heteroatoms. The minimum Gasteiger partial charge on any atom is -0.351 e. The van der Waals surface area contributed by atoms with E-state index in [-0.39, 0.29) is 23.1 Å². The van der Waals surface area contributed by atoms with Crippen LogP contribution in [0.5, 0.6) is 0 Å². The Morgan fingerprint density at radius 3 is 2.38 bits per heavy atom. The SMILES string of the molecule is CC(C)c1c(C(=O)NCC2(c3ccc(Cl)cc3)CC2)cnn1-c1ccc(C(F)(F)F)cn1. The maximum absolute atomic E-state index is 13.0. The summed E-state index contributed by atoms with van der Waals surface area (Å²) in [4.78, 5) is 16.9. The number of alkyl halides is 3. The van der Waals surface area contributed by atoms with E-state index in [1.165, 1.54) is 16.9 Å². The first-order chi connectivity index (χ1) is 15.1. The Kier molecular flexibility index (Phi) is 5.75. The normalized spacial score (nSPS) is 15.1. The van der Waals surface area contributed by atoms with Gasteiger partial charge in [0.25, 0.3) is 5.91 Å². The van der Waals surface area contributed by atoms with E-state index in [1.54, 1.807) is 0 Å². The maximum Gasteiger partial charge on any atom is 0.417 e. The molecular weight excluding hydrogens is 441 g/mol. The van der Waals surface area contributed by atoms with Gasteiger partial charge in [-0.15, -0.1) is 0 Å². The minimum absolute atomic E-state index is 0.0940. The number of pyridine rings is 1. The van der Waals surface area contributed by atoms with Crippen molar-refractivity contribution in [3.05, 3.63) is 76.2 Å². The number of halogens is 4. The highest BCUT2D eigenvalue weighted by molar-refractivity contribution is 6.30. The van der Waals surface area contributed by atoms with Crippen molar-refractivity contribution in [3.63, 3.8) is 0 Å². The van der Waals surface area contributed by atoms with Gasteiger partial charge in [0.1, 0.15) is 0 Å². The molecular formula is C23H22ClF3N4O. The monoisotopic (exact) mass is 462 g/mol. The smallest absolute Gasteiger partial charge is 0.351 e. The number of rotatable bonds is 6. The summed E-state index contributed by atoms with van der Waals surface area (Å²) in [5.74, 6) is -0.152. The fraction of sp³-hybridized carbons (Fsp3) is 0.348. The zero-order valence-corrected chi connectivity index (χ0v) is 18.3. The maximum atomic E-state index is 13.0. The highest BCUT2D eigenvalue weighted by atomic mass is 35.5. The summed E-state index contributed by atoms with van der Waals surface area (Å²) in [6, 6.07) is 9.86. The molecule has 32 heavy (non-hydrogen) atoms. The molecule has 3 aromatic rings. The molecule has 0 spiro atoms. The molecule has 2 aromatic heterocycles. The van der Waals surface area contributed by atoms with Crippen molar-refractivity contribution < 1.29 is 18.0 Å². The van der Waals surface area contributed by atoms with Gasteiger partial charge in [-0.2, -0.15) is 18.3 Å². The molecule has 1 fully saturated rings. The standard InChI is InChI=1S/C23H22ClF3N4O/c1-14(2)20-18(12-30-31(20)19-8-5-16(11-28-19)23(25,26)27)21(32)29-13-22(9-10-22)15-3-6-17(24)7-4-15/h3-8,11-12,14H,9-10,13H2,1-2H3,(H,29,32). The number of amides is 1. The van der Waals surface area contributed by atoms with Gasteiger partial charge < -0.3 is 5.32 Å². The molecule has 1 aliphatic carbocycles. The van der Waals surface area contributed by atoms with Gasteiger partial charge >= 0.3 is 6.18 Å². The molecule has 0 atom stereocenters. The van der Waals surface area contributed by atoms with E-state index in [9.17, 15) is 18.0 Å². The summed E-state index contributed by atoms with van der Waals surface area (Å²) >= 11 is 5.98. The number of nitrogens with one attached hydrogen (secondary N) is 1. The molecule has 0 saturated heterocycles. The van der Waals surface area contributed by atoms with E-state index in [0.717, 1.165) is 30.7 Å². The van der Waals surface area contributed by atoms with Crippen LogP contribution in [0, 0.1) is 0 Å². The first kappa shape index (κ1) is 22.3. The van der Waals surface area contributed by atoms with E-state index < -0.39 is 11.7 Å². The average molecular weight is 463 g/mol. The lowest BCUT2D eigenvalue weighted by Gasteiger charge is -2.17. The van der Waals surface area contributed by atoms with Crippen molar-refractivity contribution in [3.8, 4) is 5.82 Å². The molecule has 5 nitrogen and oxygen atoms in total. The molecule has 0 bridgehead atoms. The summed E-state index contributed by atoms with van der Waals surface area (Å²) in [6.45, 7) is 4.27. The van der Waals surface area contributed by atoms with Gasteiger partial charge in [0.2, 0.25) is 0 Å². The number of aromatic nitrogens is 3. The van der Waals surface area contributed by atoms with Crippen molar-refractivity contribution >= 4 is 17.5 Å². The van der Waals surface area contributed by atoms with Crippen LogP contribution in [-0.2, 0) is 11.6 Å². The number of nitrogens with zero attached hydrogens (tertiary/aromatic N) is 3. The van der Waals surface area contributed by atoms with E-state index in [0.29, 0.717) is 22.8 Å². The van der Waals surface area contributed by atoms with Gasteiger partial charge in [-0.05, 0) is 48.6 Å². The van der Waals surface area contributed by atoms with Gasteiger partial charge in [-0.1, -0.05) is 37.6 Å². The van der Waals surface area contributed by atoms with E-state index in [2.05, 4.69) is 15.4 Å². The number of benzene rings is 1. The first-order valence-electron chi connectivity index (χ1n) is 10.3. The van der Waals surface area contributed by atoms with Crippen LogP contribution in [0.4, 0.5) is 13.2 Å². The Morgan fingerprint density at radius 1 is 1.16 bits per heavy atom. The van der Waals surface area contributed by atoms with E-state index in [1.807, 2.05) is 38.1 Å². The van der Waals surface area contributed by atoms with Crippen LogP contribution in [0.1, 0.15) is 59.8 Å². The van der Waals surface area contributed by atoms with Crippen LogP contribution in [0.25, 0.3) is 5.82 Å². The fourth-order valence-corrected chi connectivity index (χ4v) is 3.94. The second-order valence-corrected chi connectivity index (χ2v) is 8.82. The number of hydrogen-bond acceptors (Lipinski definition) is 3. The van der Waals surface area contributed by atoms with Crippen LogP contribution in [0.2, 0.25) is 5.02 Å². The molecule has 0 radical (unpaired) electrons. The number of hydrogen-bond donors (Lipinski definition) is 1. The summed E-state index contributed by atoms with van der Waals surface area (Å²) < 4.78 is 40.0. The third-order valence-corrected chi connectivity index (χ3v) is 6.04. The zero-order chi connectivity index (χ0) is 23.1. The van der Waals surface area contributed by atoms with Crippen LogP contribution < -0.4 is 5.32 Å². The lowest BCUT2D eigenvalue weighted by Crippen LogP contribution is -2.32. The molecule has 1 aromatic carbocycles. The predicted molar refractivity (Wildman–Crippen MR) is 115 cm³/mol. The largest absolute Gasteiger partial charge is 0.417 e. The molecule has 1 aliphatic rings. The van der Waals surface area contributed by atoms with Gasteiger partial charge in [0, 0.05) is 23.2 Å². The van der Waals surface area contributed by atoms with Crippen molar-refractivity contribution in [2.45, 2.75) is 44.2 Å². The molecule has 168 valence electrons. The molecule has 1 amide bonds. The summed E-state index contributed by atoms with van der Waals surface area (Å²) in [5, 5.41) is 7.92. The topological polar surface area (TPSA) is 59.8 Å². The van der Waals surface area contributed by atoms with Gasteiger partial charge in [0.05, 0.1) is 23.0 Å². The molecule has 0 unspecified atom stereocenters. The van der Waals surface area contributed by atoms with Crippen LogP contribution >= 0.6 is 11.6 Å². The fourth-order valence-electron chi connectivity index (χ4n) is 3.82. The van der Waals surface area contributed by atoms with Gasteiger partial charge in [0.15, 0.2) is 5.82 Å². The Bertz CT molecular complexity index is 1120. The van der Waals surface area contributed by atoms with E-state index >= 15 is 0 Å². The summed E-state index contributed by atoms with van der Waals surface area (Å²) in [7, 11) is 0. The zero-order valence-electron chi connectivity index (χ0n) is 17.6. The van der Waals surface area contributed by atoms with Gasteiger partial charge in [-0.3, -0.25) is 4.79 Å². The van der Waals surface area contributed by atoms with Crippen LogP contribution in [0.3, 0.4) is 0 Å². The van der Waals surface area contributed by atoms with Gasteiger partial charge in [-0.25, -0.2) is 9.67 Å². The molecule has 1 saturated carbocycles. The molecule has 4 rings (SSSR count). The van der Waals surface area contributed by atoms with Crippen molar-refractivity contribution in [1.29, 1.82) is 0 Å². The first-order valence-corrected chi connectivity index (χ1v) is 10.6.